The summed E-state index contributed by atoms with van der Waals surface area (Å²) in [6.07, 6.45) is 2.96. The van der Waals surface area contributed by atoms with Crippen LogP contribution >= 0.6 is 0 Å². The average molecular weight is 310 g/mol. The molecule has 0 radical (unpaired) electrons. The Hall–Kier alpha value is -1.17. The number of rotatable bonds is 7. The highest BCUT2D eigenvalue weighted by molar-refractivity contribution is 5.23. The van der Waals surface area contributed by atoms with Gasteiger partial charge in [0, 0.05) is 12.1 Å². The molecule has 0 unspecified atom stereocenters. The van der Waals surface area contributed by atoms with Gasteiger partial charge in [0.2, 0.25) is 0 Å². The van der Waals surface area contributed by atoms with Gasteiger partial charge in [0.25, 0.3) is 0 Å². The van der Waals surface area contributed by atoms with E-state index in [1.54, 1.807) is 12.1 Å². The molecule has 1 saturated carbocycles. The molecule has 0 saturated heterocycles. The third-order valence-corrected chi connectivity index (χ3v) is 4.07. The Kier molecular flexibility index (Phi) is 6.61. The summed E-state index contributed by atoms with van der Waals surface area (Å²) in [5.74, 6) is 0.165. The Bertz CT molecular complexity index is 456. The molecule has 0 heterocycles. The number of halogens is 1. The van der Waals surface area contributed by atoms with Gasteiger partial charge in [-0.1, -0.05) is 6.07 Å². The van der Waals surface area contributed by atoms with Crippen LogP contribution in [0.3, 0.4) is 0 Å². The smallest absolute Gasteiger partial charge is 0.126 e. The van der Waals surface area contributed by atoms with E-state index in [4.69, 9.17) is 4.74 Å². The summed E-state index contributed by atoms with van der Waals surface area (Å²) in [5, 5.41) is 13.9. The van der Waals surface area contributed by atoms with Crippen LogP contribution in [-0.2, 0) is 0 Å². The van der Waals surface area contributed by atoms with Gasteiger partial charge >= 0.3 is 0 Å². The van der Waals surface area contributed by atoms with Gasteiger partial charge < -0.3 is 20.1 Å². The molecule has 2 N–H and O–H groups in total. The van der Waals surface area contributed by atoms with Crippen molar-refractivity contribution in [2.24, 2.45) is 0 Å². The summed E-state index contributed by atoms with van der Waals surface area (Å²) in [6, 6.07) is 6.15. The van der Waals surface area contributed by atoms with E-state index in [0.29, 0.717) is 5.75 Å². The number of ether oxygens (including phenoxy) is 1. The highest BCUT2D eigenvalue weighted by Crippen LogP contribution is 2.24. The summed E-state index contributed by atoms with van der Waals surface area (Å²) in [7, 11) is 4.11. The Morgan fingerprint density at radius 1 is 1.36 bits per heavy atom. The molecular weight excluding hydrogens is 283 g/mol. The number of hydrogen-bond donors (Lipinski definition) is 2. The second-order valence-corrected chi connectivity index (χ2v) is 6.25. The van der Waals surface area contributed by atoms with Crippen molar-refractivity contribution in [1.29, 1.82) is 0 Å². The molecule has 1 aliphatic carbocycles. The Morgan fingerprint density at radius 2 is 2.18 bits per heavy atom. The van der Waals surface area contributed by atoms with E-state index >= 15 is 0 Å². The van der Waals surface area contributed by atoms with Crippen LogP contribution in [0.2, 0.25) is 0 Å². The van der Waals surface area contributed by atoms with Crippen LogP contribution in [0.15, 0.2) is 24.3 Å². The molecular formula is C17H27FN2O2. The van der Waals surface area contributed by atoms with Gasteiger partial charge in [-0.3, -0.25) is 0 Å². The fourth-order valence-corrected chi connectivity index (χ4v) is 2.89. The minimum absolute atomic E-state index is 0.0504. The van der Waals surface area contributed by atoms with E-state index in [1.807, 2.05) is 0 Å². The molecule has 2 rings (SSSR count). The predicted molar refractivity (Wildman–Crippen MR) is 85.6 cm³/mol. The molecule has 22 heavy (non-hydrogen) atoms. The SMILES string of the molecule is CN(C)CCCN[C@H]1CCC[C@@H](Oc2cccc(F)c2)[C@@H]1O. The van der Waals surface area contributed by atoms with Crippen molar-refractivity contribution in [2.45, 2.75) is 43.9 Å². The van der Waals surface area contributed by atoms with Gasteiger partial charge in [0.05, 0.1) is 0 Å². The topological polar surface area (TPSA) is 44.7 Å². The lowest BCUT2D eigenvalue weighted by Crippen LogP contribution is -2.51. The predicted octanol–water partition coefficient (Wildman–Crippen LogP) is 2.03. The maximum Gasteiger partial charge on any atom is 0.126 e. The Morgan fingerprint density at radius 3 is 2.91 bits per heavy atom. The molecule has 0 aromatic heterocycles. The van der Waals surface area contributed by atoms with E-state index in [0.717, 1.165) is 38.8 Å². The first-order chi connectivity index (χ1) is 10.6. The molecule has 1 aliphatic rings. The first-order valence-corrected chi connectivity index (χ1v) is 8.04. The van der Waals surface area contributed by atoms with Crippen LogP contribution in [0.5, 0.6) is 5.75 Å². The lowest BCUT2D eigenvalue weighted by Gasteiger charge is -2.35. The molecule has 0 amide bonds. The largest absolute Gasteiger partial charge is 0.488 e. The van der Waals surface area contributed by atoms with E-state index in [1.165, 1.54) is 12.1 Å². The minimum Gasteiger partial charge on any atom is -0.488 e. The lowest BCUT2D eigenvalue weighted by atomic mass is 9.89. The van der Waals surface area contributed by atoms with Crippen molar-refractivity contribution in [3.63, 3.8) is 0 Å². The summed E-state index contributed by atoms with van der Waals surface area (Å²) in [6.45, 7) is 1.91. The Balaban J connectivity index is 1.83. The van der Waals surface area contributed by atoms with Crippen molar-refractivity contribution < 1.29 is 14.2 Å². The standard InChI is InChI=1S/C17H27FN2O2/c1-20(2)11-5-10-19-15-8-4-9-16(17(15)21)22-14-7-3-6-13(18)12-14/h3,6-7,12,15-17,19,21H,4-5,8-11H2,1-2H3/t15-,16+,17+/m0/s1. The summed E-state index contributed by atoms with van der Waals surface area (Å²) in [4.78, 5) is 2.15. The van der Waals surface area contributed by atoms with Crippen LogP contribution in [0.1, 0.15) is 25.7 Å². The number of aliphatic hydroxyl groups excluding tert-OH is 1. The first kappa shape index (κ1) is 17.2. The van der Waals surface area contributed by atoms with E-state index in [9.17, 15) is 9.50 Å². The van der Waals surface area contributed by atoms with Gasteiger partial charge in [0.15, 0.2) is 0 Å². The fourth-order valence-electron chi connectivity index (χ4n) is 2.89. The number of nitrogens with one attached hydrogen (secondary N) is 1. The van der Waals surface area contributed by atoms with Gasteiger partial charge in [-0.25, -0.2) is 4.39 Å². The number of nitrogens with zero attached hydrogens (tertiary/aromatic N) is 1. The number of aliphatic hydroxyl groups is 1. The van der Waals surface area contributed by atoms with Crippen LogP contribution in [0.4, 0.5) is 4.39 Å². The molecule has 1 aromatic rings. The molecule has 124 valence electrons. The normalized spacial score (nSPS) is 25.4. The summed E-state index contributed by atoms with van der Waals surface area (Å²) < 4.78 is 19.0. The molecule has 0 bridgehead atoms. The van der Waals surface area contributed by atoms with E-state index in [2.05, 4.69) is 24.3 Å². The second kappa shape index (κ2) is 8.46. The van der Waals surface area contributed by atoms with Gasteiger partial charge in [-0.2, -0.15) is 0 Å². The minimum atomic E-state index is -0.559. The number of benzene rings is 1. The van der Waals surface area contributed by atoms with E-state index < -0.39 is 6.10 Å². The third-order valence-electron chi connectivity index (χ3n) is 4.07. The quantitative estimate of drug-likeness (QED) is 0.757. The zero-order chi connectivity index (χ0) is 15.9. The van der Waals surface area contributed by atoms with Crippen molar-refractivity contribution in [3.8, 4) is 5.75 Å². The Labute approximate surface area is 132 Å². The van der Waals surface area contributed by atoms with Crippen LogP contribution in [-0.4, -0.2) is 55.4 Å². The fraction of sp³-hybridized carbons (Fsp3) is 0.647. The summed E-state index contributed by atoms with van der Waals surface area (Å²) in [5.41, 5.74) is 0. The third kappa shape index (κ3) is 5.23. The zero-order valence-corrected chi connectivity index (χ0v) is 13.5. The molecule has 0 aliphatic heterocycles. The van der Waals surface area contributed by atoms with Crippen molar-refractivity contribution in [2.75, 3.05) is 27.2 Å². The number of hydrogen-bond acceptors (Lipinski definition) is 4. The zero-order valence-electron chi connectivity index (χ0n) is 13.5. The maximum atomic E-state index is 13.2. The van der Waals surface area contributed by atoms with Crippen LogP contribution < -0.4 is 10.1 Å². The molecule has 3 atom stereocenters. The maximum absolute atomic E-state index is 13.2. The van der Waals surface area contributed by atoms with Crippen molar-refractivity contribution in [1.82, 2.24) is 10.2 Å². The highest BCUT2D eigenvalue weighted by atomic mass is 19.1. The lowest BCUT2D eigenvalue weighted by molar-refractivity contribution is -0.0154. The van der Waals surface area contributed by atoms with Gasteiger partial charge in [0.1, 0.15) is 23.8 Å². The second-order valence-electron chi connectivity index (χ2n) is 6.25. The highest BCUT2D eigenvalue weighted by Gasteiger charge is 2.32. The van der Waals surface area contributed by atoms with Gasteiger partial charge in [-0.05, 0) is 65.0 Å². The van der Waals surface area contributed by atoms with E-state index in [-0.39, 0.29) is 18.0 Å². The van der Waals surface area contributed by atoms with Crippen molar-refractivity contribution in [3.05, 3.63) is 30.1 Å². The monoisotopic (exact) mass is 310 g/mol. The summed E-state index contributed by atoms with van der Waals surface area (Å²) >= 11 is 0. The molecule has 1 aromatic carbocycles. The molecule has 4 nitrogen and oxygen atoms in total. The first-order valence-electron chi connectivity index (χ1n) is 8.04. The van der Waals surface area contributed by atoms with Gasteiger partial charge in [-0.15, -0.1) is 0 Å². The molecule has 1 fully saturated rings. The van der Waals surface area contributed by atoms with Crippen LogP contribution in [0, 0.1) is 5.82 Å². The molecule has 0 spiro atoms. The average Bonchev–Trinajstić information content (AvgIpc) is 2.47. The molecule has 5 heteroatoms. The van der Waals surface area contributed by atoms with Crippen LogP contribution in [0.25, 0.3) is 0 Å². The van der Waals surface area contributed by atoms with Crippen molar-refractivity contribution >= 4 is 0 Å².